The van der Waals surface area contributed by atoms with Gasteiger partial charge in [0.1, 0.15) is 0 Å². The number of nitriles is 2. The van der Waals surface area contributed by atoms with Crippen LogP contribution in [0.15, 0.2) is 109 Å². The SMILES string of the molecule is N#Cc1ccccc1-c1ccccc1.N#Cc1ccccc1-c1ccccc1.O. The number of benzene rings is 4. The highest BCUT2D eigenvalue weighted by Gasteiger charge is 2.02. The van der Waals surface area contributed by atoms with E-state index >= 15 is 0 Å². The minimum absolute atomic E-state index is 0. The first-order chi connectivity index (χ1) is 13.8. The molecule has 0 saturated carbocycles. The van der Waals surface area contributed by atoms with Gasteiger partial charge in [-0.2, -0.15) is 10.5 Å². The standard InChI is InChI=1S/2C13H9N.H2O/c2*14-10-12-8-4-5-9-13(12)11-6-2-1-3-7-11;/h2*1-9H;1H2. The van der Waals surface area contributed by atoms with Gasteiger partial charge in [0.15, 0.2) is 0 Å². The molecule has 0 amide bonds. The zero-order valence-electron chi connectivity index (χ0n) is 15.8. The Morgan fingerprint density at radius 3 is 1.07 bits per heavy atom. The lowest BCUT2D eigenvalue weighted by Gasteiger charge is -2.02. The second-order valence-electron chi connectivity index (χ2n) is 6.05. The third-order valence-electron chi connectivity index (χ3n) is 4.26. The van der Waals surface area contributed by atoms with Crippen molar-refractivity contribution < 1.29 is 5.48 Å². The largest absolute Gasteiger partial charge is 0.412 e. The van der Waals surface area contributed by atoms with Gasteiger partial charge < -0.3 is 5.48 Å². The van der Waals surface area contributed by atoms with Crippen molar-refractivity contribution in [3.05, 3.63) is 120 Å². The van der Waals surface area contributed by atoms with Gasteiger partial charge >= 0.3 is 0 Å². The Morgan fingerprint density at radius 2 is 0.724 bits per heavy atom. The van der Waals surface area contributed by atoms with Gasteiger partial charge in [-0.1, -0.05) is 97.1 Å². The molecule has 0 spiro atoms. The molecule has 0 aromatic heterocycles. The average Bonchev–Trinajstić information content (AvgIpc) is 2.80. The van der Waals surface area contributed by atoms with Crippen molar-refractivity contribution >= 4 is 0 Å². The minimum atomic E-state index is 0. The molecule has 3 heteroatoms. The minimum Gasteiger partial charge on any atom is -0.412 e. The fourth-order valence-corrected chi connectivity index (χ4v) is 2.90. The van der Waals surface area contributed by atoms with Gasteiger partial charge in [-0.25, -0.2) is 0 Å². The molecule has 140 valence electrons. The molecular formula is C26H20N2O. The first kappa shape index (κ1) is 21.1. The zero-order chi connectivity index (χ0) is 19.6. The van der Waals surface area contributed by atoms with Gasteiger partial charge in [0.2, 0.25) is 0 Å². The van der Waals surface area contributed by atoms with E-state index in [4.69, 9.17) is 10.5 Å². The monoisotopic (exact) mass is 376 g/mol. The normalized spacial score (nSPS) is 9.03. The van der Waals surface area contributed by atoms with Crippen LogP contribution in [0.3, 0.4) is 0 Å². The Bertz CT molecular complexity index is 1030. The highest BCUT2D eigenvalue weighted by molar-refractivity contribution is 5.71. The van der Waals surface area contributed by atoms with Crippen molar-refractivity contribution in [1.29, 1.82) is 10.5 Å². The maximum Gasteiger partial charge on any atom is 0.0998 e. The molecule has 0 fully saturated rings. The van der Waals surface area contributed by atoms with E-state index in [2.05, 4.69) is 12.1 Å². The van der Waals surface area contributed by atoms with Crippen LogP contribution < -0.4 is 0 Å². The van der Waals surface area contributed by atoms with E-state index in [9.17, 15) is 0 Å². The second kappa shape index (κ2) is 10.8. The van der Waals surface area contributed by atoms with Crippen LogP contribution in [0.2, 0.25) is 0 Å². The van der Waals surface area contributed by atoms with Gasteiger partial charge in [0.25, 0.3) is 0 Å². The predicted octanol–water partition coefficient (Wildman–Crippen LogP) is 5.63. The van der Waals surface area contributed by atoms with E-state index in [-0.39, 0.29) is 5.48 Å². The summed E-state index contributed by atoms with van der Waals surface area (Å²) >= 11 is 0. The van der Waals surface area contributed by atoms with E-state index < -0.39 is 0 Å². The molecule has 4 rings (SSSR count). The van der Waals surface area contributed by atoms with Gasteiger partial charge in [-0.15, -0.1) is 0 Å². The molecule has 0 heterocycles. The third-order valence-corrected chi connectivity index (χ3v) is 4.26. The first-order valence-electron chi connectivity index (χ1n) is 8.92. The molecule has 0 saturated heterocycles. The van der Waals surface area contributed by atoms with Crippen LogP contribution in [-0.4, -0.2) is 5.48 Å². The fourth-order valence-electron chi connectivity index (χ4n) is 2.90. The molecule has 0 aliphatic heterocycles. The summed E-state index contributed by atoms with van der Waals surface area (Å²) in [6, 6.07) is 39.5. The average molecular weight is 376 g/mol. The van der Waals surface area contributed by atoms with E-state index in [1.165, 1.54) is 0 Å². The summed E-state index contributed by atoms with van der Waals surface area (Å²) in [5, 5.41) is 17.9. The summed E-state index contributed by atoms with van der Waals surface area (Å²) in [6.07, 6.45) is 0. The molecule has 3 nitrogen and oxygen atoms in total. The molecular weight excluding hydrogens is 356 g/mol. The number of rotatable bonds is 2. The van der Waals surface area contributed by atoms with E-state index in [0.29, 0.717) is 0 Å². The molecule has 0 radical (unpaired) electrons. The maximum absolute atomic E-state index is 8.93. The number of hydrogen-bond donors (Lipinski definition) is 0. The lowest BCUT2D eigenvalue weighted by Crippen LogP contribution is -1.82. The smallest absolute Gasteiger partial charge is 0.0998 e. The van der Waals surface area contributed by atoms with E-state index in [1.807, 2.05) is 109 Å². The molecule has 0 atom stereocenters. The van der Waals surface area contributed by atoms with Crippen molar-refractivity contribution in [3.8, 4) is 34.4 Å². The Labute approximate surface area is 171 Å². The number of hydrogen-bond acceptors (Lipinski definition) is 2. The van der Waals surface area contributed by atoms with Crippen LogP contribution in [0.1, 0.15) is 11.1 Å². The van der Waals surface area contributed by atoms with Crippen LogP contribution >= 0.6 is 0 Å². The molecule has 0 aliphatic rings. The molecule has 29 heavy (non-hydrogen) atoms. The molecule has 2 N–H and O–H groups in total. The zero-order valence-corrected chi connectivity index (χ0v) is 15.8. The summed E-state index contributed by atoms with van der Waals surface area (Å²) in [4.78, 5) is 0. The Morgan fingerprint density at radius 1 is 0.414 bits per heavy atom. The van der Waals surface area contributed by atoms with Crippen LogP contribution in [0.4, 0.5) is 0 Å². The summed E-state index contributed by atoms with van der Waals surface area (Å²) in [7, 11) is 0. The van der Waals surface area contributed by atoms with Crippen LogP contribution in [0.5, 0.6) is 0 Å². The van der Waals surface area contributed by atoms with E-state index in [1.54, 1.807) is 0 Å². The second-order valence-corrected chi connectivity index (χ2v) is 6.05. The van der Waals surface area contributed by atoms with E-state index in [0.717, 1.165) is 33.4 Å². The lowest BCUT2D eigenvalue weighted by molar-refractivity contribution is 0.824. The van der Waals surface area contributed by atoms with Crippen molar-refractivity contribution in [2.75, 3.05) is 0 Å². The highest BCUT2D eigenvalue weighted by atomic mass is 16.0. The Hall–Kier alpha value is -4.18. The summed E-state index contributed by atoms with van der Waals surface area (Å²) in [6.45, 7) is 0. The topological polar surface area (TPSA) is 79.1 Å². The molecule has 0 unspecified atom stereocenters. The molecule has 4 aromatic carbocycles. The predicted molar refractivity (Wildman–Crippen MR) is 117 cm³/mol. The van der Waals surface area contributed by atoms with Gasteiger partial charge in [-0.05, 0) is 34.4 Å². The lowest BCUT2D eigenvalue weighted by atomic mass is 10.0. The highest BCUT2D eigenvalue weighted by Crippen LogP contribution is 2.23. The van der Waals surface area contributed by atoms with Gasteiger partial charge in [0, 0.05) is 0 Å². The van der Waals surface area contributed by atoms with Gasteiger partial charge in [0.05, 0.1) is 23.3 Å². The summed E-state index contributed by atoms with van der Waals surface area (Å²) < 4.78 is 0. The molecule has 0 aliphatic carbocycles. The quantitative estimate of drug-likeness (QED) is 0.455. The van der Waals surface area contributed by atoms with Crippen molar-refractivity contribution in [1.82, 2.24) is 0 Å². The third kappa shape index (κ3) is 5.40. The Kier molecular flexibility index (Phi) is 7.90. The molecule has 0 bridgehead atoms. The summed E-state index contributed by atoms with van der Waals surface area (Å²) in [5.74, 6) is 0. The first-order valence-corrected chi connectivity index (χ1v) is 8.92. The summed E-state index contributed by atoms with van der Waals surface area (Å²) in [5.41, 5.74) is 5.61. The van der Waals surface area contributed by atoms with Gasteiger partial charge in [-0.3, -0.25) is 0 Å². The van der Waals surface area contributed by atoms with Crippen LogP contribution in [-0.2, 0) is 0 Å². The van der Waals surface area contributed by atoms with Crippen molar-refractivity contribution in [2.24, 2.45) is 0 Å². The number of nitrogens with zero attached hydrogens (tertiary/aromatic N) is 2. The van der Waals surface area contributed by atoms with Crippen molar-refractivity contribution in [3.63, 3.8) is 0 Å². The Balaban J connectivity index is 0.000000200. The van der Waals surface area contributed by atoms with Crippen molar-refractivity contribution in [2.45, 2.75) is 0 Å². The van der Waals surface area contributed by atoms with Crippen LogP contribution in [0, 0.1) is 22.7 Å². The molecule has 4 aromatic rings. The van der Waals surface area contributed by atoms with Crippen LogP contribution in [0.25, 0.3) is 22.3 Å². The fraction of sp³-hybridized carbons (Fsp3) is 0. The maximum atomic E-state index is 8.93.